The first kappa shape index (κ1) is 13.0. The minimum Gasteiger partial charge on any atom is -0.383 e. The van der Waals surface area contributed by atoms with Gasteiger partial charge in [-0.2, -0.15) is 0 Å². The Hall–Kier alpha value is -2.00. The monoisotopic (exact) mass is 286 g/mol. The lowest BCUT2D eigenvalue weighted by Gasteiger charge is -2.22. The molecule has 3 rings (SSSR count). The van der Waals surface area contributed by atoms with Crippen LogP contribution in [0.5, 0.6) is 0 Å². The Morgan fingerprint density at radius 1 is 1.15 bits per heavy atom. The van der Waals surface area contributed by atoms with E-state index in [9.17, 15) is 4.79 Å². The van der Waals surface area contributed by atoms with Crippen molar-refractivity contribution in [1.29, 1.82) is 0 Å². The molecular weight excluding hydrogens is 272 g/mol. The summed E-state index contributed by atoms with van der Waals surface area (Å²) in [5.74, 6) is -0.0105. The topological polar surface area (TPSA) is 32.3 Å². The van der Waals surface area contributed by atoms with E-state index >= 15 is 0 Å². The van der Waals surface area contributed by atoms with E-state index in [-0.39, 0.29) is 5.91 Å². The lowest BCUT2D eigenvalue weighted by molar-refractivity contribution is 0.0987. The van der Waals surface area contributed by atoms with E-state index in [0.29, 0.717) is 17.1 Å². The number of nitrogens with one attached hydrogen (secondary N) is 1. The Balaban J connectivity index is 1.99. The molecule has 1 N–H and O–H groups in total. The Kier molecular flexibility index (Phi) is 3.61. The van der Waals surface area contributed by atoms with Crippen LogP contribution in [0.15, 0.2) is 48.5 Å². The molecule has 0 fully saturated rings. The second kappa shape index (κ2) is 5.55. The molecule has 2 aromatic rings. The summed E-state index contributed by atoms with van der Waals surface area (Å²) in [6.45, 7) is 1.58. The van der Waals surface area contributed by atoms with Gasteiger partial charge in [0.05, 0.1) is 11.4 Å². The van der Waals surface area contributed by atoms with E-state index in [1.165, 1.54) is 0 Å². The first-order valence-corrected chi connectivity index (χ1v) is 7.04. The number of hydrogen-bond donors (Lipinski definition) is 1. The predicted molar refractivity (Wildman–Crippen MR) is 82.7 cm³/mol. The van der Waals surface area contributed by atoms with Gasteiger partial charge in [-0.05, 0) is 36.8 Å². The summed E-state index contributed by atoms with van der Waals surface area (Å²) >= 11 is 5.98. The summed E-state index contributed by atoms with van der Waals surface area (Å²) in [6.07, 6.45) is 0.918. The highest BCUT2D eigenvalue weighted by Crippen LogP contribution is 2.29. The molecule has 0 bridgehead atoms. The van der Waals surface area contributed by atoms with Crippen LogP contribution < -0.4 is 10.2 Å². The molecule has 0 unspecified atom stereocenters. The average molecular weight is 287 g/mol. The minimum atomic E-state index is -0.0105. The maximum Gasteiger partial charge on any atom is 0.258 e. The van der Waals surface area contributed by atoms with Crippen molar-refractivity contribution in [3.63, 3.8) is 0 Å². The molecule has 3 nitrogen and oxygen atoms in total. The summed E-state index contributed by atoms with van der Waals surface area (Å²) in [5, 5.41) is 3.93. The maximum absolute atomic E-state index is 12.7. The van der Waals surface area contributed by atoms with Crippen LogP contribution in [0.1, 0.15) is 16.8 Å². The Morgan fingerprint density at radius 3 is 2.85 bits per heavy atom. The summed E-state index contributed by atoms with van der Waals surface area (Å²) in [4.78, 5) is 14.5. The molecule has 0 atom stereocenters. The van der Waals surface area contributed by atoms with Crippen molar-refractivity contribution >= 4 is 28.9 Å². The highest BCUT2D eigenvalue weighted by molar-refractivity contribution is 6.31. The number of rotatable bonds is 1. The van der Waals surface area contributed by atoms with Gasteiger partial charge in [-0.25, -0.2) is 0 Å². The lowest BCUT2D eigenvalue weighted by Crippen LogP contribution is -2.31. The van der Waals surface area contributed by atoms with Gasteiger partial charge in [0.1, 0.15) is 0 Å². The van der Waals surface area contributed by atoms with Crippen molar-refractivity contribution < 1.29 is 4.79 Å². The Morgan fingerprint density at radius 2 is 2.00 bits per heavy atom. The van der Waals surface area contributed by atoms with Crippen molar-refractivity contribution in [2.45, 2.75) is 6.42 Å². The van der Waals surface area contributed by atoms with Crippen LogP contribution in [0, 0.1) is 0 Å². The Labute approximate surface area is 123 Å². The summed E-state index contributed by atoms with van der Waals surface area (Å²) in [6, 6.07) is 15.0. The molecule has 0 spiro atoms. The highest BCUT2D eigenvalue weighted by Gasteiger charge is 2.21. The van der Waals surface area contributed by atoms with E-state index in [1.54, 1.807) is 24.3 Å². The van der Waals surface area contributed by atoms with Crippen LogP contribution in [-0.4, -0.2) is 19.0 Å². The van der Waals surface area contributed by atoms with E-state index in [1.807, 2.05) is 29.2 Å². The highest BCUT2D eigenvalue weighted by atomic mass is 35.5. The molecule has 0 saturated heterocycles. The number of carbonyl (C=O) groups excluding carboxylic acids is 1. The zero-order chi connectivity index (χ0) is 13.9. The number of fused-ring (bicyclic) bond motifs is 1. The van der Waals surface area contributed by atoms with Gasteiger partial charge in [0, 0.05) is 23.7 Å². The largest absolute Gasteiger partial charge is 0.383 e. The number of hydrogen-bond acceptors (Lipinski definition) is 2. The van der Waals surface area contributed by atoms with E-state index in [0.717, 1.165) is 24.3 Å². The standard InChI is InChI=1S/C16H15ClN2O/c17-13-6-3-5-12(11-13)16(20)19-10-4-9-18-14-7-1-2-8-15(14)19/h1-3,5-8,11,18H,4,9-10H2. The molecule has 0 aromatic heterocycles. The van der Waals surface area contributed by atoms with E-state index in [2.05, 4.69) is 5.32 Å². The second-order valence-corrected chi connectivity index (χ2v) is 5.20. The molecule has 20 heavy (non-hydrogen) atoms. The average Bonchev–Trinajstić information content (AvgIpc) is 2.69. The summed E-state index contributed by atoms with van der Waals surface area (Å²) < 4.78 is 0. The van der Waals surface area contributed by atoms with Gasteiger partial charge in [0.2, 0.25) is 0 Å². The van der Waals surface area contributed by atoms with Gasteiger partial charge >= 0.3 is 0 Å². The van der Waals surface area contributed by atoms with Gasteiger partial charge in [0.15, 0.2) is 0 Å². The SMILES string of the molecule is O=C(c1cccc(Cl)c1)N1CCCNc2ccccc21. The molecule has 1 heterocycles. The number of benzene rings is 2. The maximum atomic E-state index is 12.7. The Bertz CT molecular complexity index is 642. The summed E-state index contributed by atoms with van der Waals surface area (Å²) in [5.41, 5.74) is 2.55. The summed E-state index contributed by atoms with van der Waals surface area (Å²) in [7, 11) is 0. The second-order valence-electron chi connectivity index (χ2n) is 4.76. The number of amides is 1. The molecule has 0 radical (unpaired) electrons. The number of nitrogens with zero attached hydrogens (tertiary/aromatic N) is 1. The molecule has 102 valence electrons. The van der Waals surface area contributed by atoms with Crippen molar-refractivity contribution in [3.05, 3.63) is 59.1 Å². The van der Waals surface area contributed by atoms with Crippen molar-refractivity contribution in [1.82, 2.24) is 0 Å². The van der Waals surface area contributed by atoms with Crippen LogP contribution in [0.3, 0.4) is 0 Å². The molecule has 1 aliphatic heterocycles. The predicted octanol–water partition coefficient (Wildman–Crippen LogP) is 3.80. The van der Waals surface area contributed by atoms with Crippen LogP contribution in [0.2, 0.25) is 5.02 Å². The molecule has 4 heteroatoms. The molecular formula is C16H15ClN2O. The van der Waals surface area contributed by atoms with Gasteiger partial charge in [-0.1, -0.05) is 29.8 Å². The molecule has 1 aliphatic rings. The third kappa shape index (κ3) is 2.49. The number of para-hydroxylation sites is 2. The van der Waals surface area contributed by atoms with Crippen LogP contribution in [0.25, 0.3) is 0 Å². The van der Waals surface area contributed by atoms with Crippen molar-refractivity contribution in [2.75, 3.05) is 23.3 Å². The number of anilines is 2. The van der Waals surface area contributed by atoms with Crippen molar-refractivity contribution in [2.24, 2.45) is 0 Å². The normalized spacial score (nSPS) is 14.2. The van der Waals surface area contributed by atoms with Gasteiger partial charge in [0.25, 0.3) is 5.91 Å². The van der Waals surface area contributed by atoms with Crippen LogP contribution in [0.4, 0.5) is 11.4 Å². The fraction of sp³-hybridized carbons (Fsp3) is 0.188. The molecule has 0 aliphatic carbocycles. The van der Waals surface area contributed by atoms with Gasteiger partial charge < -0.3 is 10.2 Å². The van der Waals surface area contributed by atoms with Crippen LogP contribution in [-0.2, 0) is 0 Å². The first-order chi connectivity index (χ1) is 9.75. The zero-order valence-electron chi connectivity index (χ0n) is 11.0. The first-order valence-electron chi connectivity index (χ1n) is 6.66. The fourth-order valence-electron chi connectivity index (χ4n) is 2.43. The van der Waals surface area contributed by atoms with E-state index in [4.69, 9.17) is 11.6 Å². The molecule has 0 saturated carbocycles. The quantitative estimate of drug-likeness (QED) is 0.865. The molecule has 2 aromatic carbocycles. The number of carbonyl (C=O) groups is 1. The van der Waals surface area contributed by atoms with E-state index < -0.39 is 0 Å². The number of halogens is 1. The van der Waals surface area contributed by atoms with Crippen molar-refractivity contribution in [3.8, 4) is 0 Å². The zero-order valence-corrected chi connectivity index (χ0v) is 11.7. The van der Waals surface area contributed by atoms with Gasteiger partial charge in [-0.15, -0.1) is 0 Å². The molecule has 1 amide bonds. The smallest absolute Gasteiger partial charge is 0.258 e. The van der Waals surface area contributed by atoms with Crippen LogP contribution >= 0.6 is 11.6 Å². The van der Waals surface area contributed by atoms with Gasteiger partial charge in [-0.3, -0.25) is 4.79 Å². The third-order valence-corrected chi connectivity index (χ3v) is 3.62. The minimum absolute atomic E-state index is 0.0105. The fourth-order valence-corrected chi connectivity index (χ4v) is 2.62. The third-order valence-electron chi connectivity index (χ3n) is 3.39. The lowest BCUT2D eigenvalue weighted by atomic mass is 10.1.